The molecule has 2 fully saturated rings. The highest BCUT2D eigenvalue weighted by atomic mass is 31.2. The van der Waals surface area contributed by atoms with E-state index in [4.69, 9.17) is 27.4 Å². The third-order valence-electron chi connectivity index (χ3n) is 11.5. The van der Waals surface area contributed by atoms with Crippen LogP contribution in [0.1, 0.15) is 131 Å². The minimum absolute atomic E-state index is 0.0981. The van der Waals surface area contributed by atoms with Crippen molar-refractivity contribution in [2.75, 3.05) is 33.0 Å². The minimum atomic E-state index is -2.82. The van der Waals surface area contributed by atoms with Crippen molar-refractivity contribution in [1.82, 2.24) is 19.5 Å². The number of nitrogens with zero attached hydrogens (tertiary/aromatic N) is 3. The van der Waals surface area contributed by atoms with Gasteiger partial charge in [-0.2, -0.15) is 5.26 Å². The summed E-state index contributed by atoms with van der Waals surface area (Å²) in [7, 11) is -4.43. The molecule has 1 aromatic rings. The summed E-state index contributed by atoms with van der Waals surface area (Å²) in [5.74, 6) is 8.26. The maximum Gasteiger partial charge on any atom is 0.407 e. The monoisotopic (exact) mass is 847 g/mol. The van der Waals surface area contributed by atoms with Crippen LogP contribution in [0.15, 0.2) is 15.8 Å². The number of aryl methyl sites for hydroxylation is 1. The van der Waals surface area contributed by atoms with Crippen molar-refractivity contribution in [3.05, 3.63) is 32.6 Å². The normalized spacial score (nSPS) is 23.7. The number of aromatic nitrogens is 2. The summed E-state index contributed by atoms with van der Waals surface area (Å²) in [6.07, 6.45) is 7.75. The standard InChI is InChI=1S/C42H70N5O9PSi/c1-29(2)47(30(3)4)57(52-23-18-21-43)56-37-25-39(46-26-33(9)40(48)45-41(46)49)55-38(37)28-54-58(31(5)6,32(7)8)53-24-17-13-12-16-22-44-42(50)51-27-36-34-19-14-10-11-15-20-35(34)36/h26,29-32,34-39H,12-20,22-25,27-28H2,1-9H3,(H,44,50)(H,45,48,49)/t34-,35+,36?,37-,38-,39-,57?/m1/s1. The van der Waals surface area contributed by atoms with Gasteiger partial charge in [-0.05, 0) is 89.1 Å². The second-order valence-electron chi connectivity index (χ2n) is 17.1. The highest BCUT2D eigenvalue weighted by Gasteiger charge is 2.50. The van der Waals surface area contributed by atoms with E-state index in [1.54, 1.807) is 6.92 Å². The average molecular weight is 848 g/mol. The lowest BCUT2D eigenvalue weighted by atomic mass is 10.1. The van der Waals surface area contributed by atoms with Gasteiger partial charge < -0.3 is 32.7 Å². The molecular weight excluding hydrogens is 778 g/mol. The third-order valence-corrected chi connectivity index (χ3v) is 18.2. The van der Waals surface area contributed by atoms with Crippen molar-refractivity contribution in [1.29, 1.82) is 5.26 Å². The van der Waals surface area contributed by atoms with E-state index in [1.165, 1.54) is 10.8 Å². The summed E-state index contributed by atoms with van der Waals surface area (Å²) < 4.78 is 42.5. The molecule has 2 unspecified atom stereocenters. The Bertz CT molecular complexity index is 1640. The van der Waals surface area contributed by atoms with Crippen LogP contribution < -0.4 is 16.6 Å². The lowest BCUT2D eigenvalue weighted by Gasteiger charge is -2.39. The number of rotatable bonds is 24. The second kappa shape index (κ2) is 23.4. The predicted molar refractivity (Wildman–Crippen MR) is 227 cm³/mol. The Hall–Kier alpha value is -2.59. The first-order valence-corrected chi connectivity index (χ1v) is 24.7. The van der Waals surface area contributed by atoms with Gasteiger partial charge in [0.2, 0.25) is 0 Å². The zero-order valence-corrected chi connectivity index (χ0v) is 38.3. The van der Waals surface area contributed by atoms with Crippen molar-refractivity contribution < 1.29 is 32.2 Å². The zero-order chi connectivity index (χ0) is 42.4. The number of amides is 1. The SMILES string of the molecule is Cc1cn([C@H]2C[C@@H](OP(OCCC#N)N(C(C)C)C(C)C)[C@@H](CO[Si](OCCCCCCNC(=O)OCC3[C@H]4CCC#CCC[C@@H]34)(C(C)C)C(C)C)O2)c(=O)[nH]c1=O. The highest BCUT2D eigenvalue weighted by Crippen LogP contribution is 2.53. The molecule has 1 amide bonds. The molecule has 0 bridgehead atoms. The number of nitriles is 1. The third kappa shape index (κ3) is 13.5. The Morgan fingerprint density at radius 1 is 1.00 bits per heavy atom. The van der Waals surface area contributed by atoms with E-state index in [1.807, 2.05) is 0 Å². The van der Waals surface area contributed by atoms with Crippen LogP contribution in [-0.4, -0.2) is 86.1 Å². The van der Waals surface area contributed by atoms with Gasteiger partial charge in [0, 0.05) is 56.3 Å². The summed E-state index contributed by atoms with van der Waals surface area (Å²) in [5.41, 5.74) is -0.329. The lowest BCUT2D eigenvalue weighted by molar-refractivity contribution is -0.0469. The summed E-state index contributed by atoms with van der Waals surface area (Å²) in [6.45, 7) is 20.6. The van der Waals surface area contributed by atoms with Crippen LogP contribution in [0.25, 0.3) is 0 Å². The van der Waals surface area contributed by atoms with Gasteiger partial charge in [0.25, 0.3) is 14.1 Å². The maximum absolute atomic E-state index is 13.0. The zero-order valence-electron chi connectivity index (χ0n) is 36.4. The smallest absolute Gasteiger partial charge is 0.407 e. The Morgan fingerprint density at radius 2 is 1.66 bits per heavy atom. The summed E-state index contributed by atoms with van der Waals surface area (Å²) >= 11 is 0. The number of hydrogen-bond acceptors (Lipinski definition) is 11. The summed E-state index contributed by atoms with van der Waals surface area (Å²) in [4.78, 5) is 39.9. The lowest BCUT2D eigenvalue weighted by Crippen LogP contribution is -2.50. The number of H-pyrrole nitrogens is 1. The van der Waals surface area contributed by atoms with Crippen LogP contribution >= 0.6 is 8.53 Å². The Morgan fingerprint density at radius 3 is 2.28 bits per heavy atom. The predicted octanol–water partition coefficient (Wildman–Crippen LogP) is 7.82. The fourth-order valence-electron chi connectivity index (χ4n) is 8.44. The summed E-state index contributed by atoms with van der Waals surface area (Å²) in [6, 6.07) is 2.35. The Balaban J connectivity index is 1.33. The summed E-state index contributed by atoms with van der Waals surface area (Å²) in [5, 5.41) is 12.2. The molecule has 2 heterocycles. The number of ether oxygens (including phenoxy) is 2. The molecule has 1 aliphatic heterocycles. The van der Waals surface area contributed by atoms with Gasteiger partial charge in [0.15, 0.2) is 0 Å². The van der Waals surface area contributed by atoms with Gasteiger partial charge in [0.05, 0.1) is 38.4 Å². The molecule has 0 aromatic carbocycles. The second-order valence-corrected chi connectivity index (χ2v) is 22.8. The molecule has 16 heteroatoms. The topological polar surface area (TPSA) is 166 Å². The number of alkyl carbamates (subject to hydrolysis) is 1. The number of hydrogen-bond donors (Lipinski definition) is 2. The van der Waals surface area contributed by atoms with E-state index >= 15 is 0 Å². The molecule has 2 aliphatic carbocycles. The first-order valence-electron chi connectivity index (χ1n) is 21.6. The van der Waals surface area contributed by atoms with E-state index in [2.05, 4.69) is 88.3 Å². The quantitative estimate of drug-likeness (QED) is 0.0451. The van der Waals surface area contributed by atoms with E-state index in [9.17, 15) is 19.6 Å². The number of nitrogens with one attached hydrogen (secondary N) is 2. The molecule has 326 valence electrons. The Kier molecular flexibility index (Phi) is 19.4. The van der Waals surface area contributed by atoms with Gasteiger partial charge in [0.1, 0.15) is 12.3 Å². The van der Waals surface area contributed by atoms with Crippen molar-refractivity contribution in [3.63, 3.8) is 0 Å². The van der Waals surface area contributed by atoms with Crippen molar-refractivity contribution in [2.45, 2.75) is 168 Å². The van der Waals surface area contributed by atoms with Crippen molar-refractivity contribution in [3.8, 4) is 17.9 Å². The van der Waals surface area contributed by atoms with Gasteiger partial charge in [-0.25, -0.2) is 14.3 Å². The largest absolute Gasteiger partial charge is 0.449 e. The van der Waals surface area contributed by atoms with Gasteiger partial charge in [-0.3, -0.25) is 14.3 Å². The Labute approximate surface area is 348 Å². The van der Waals surface area contributed by atoms with Crippen molar-refractivity contribution in [2.24, 2.45) is 17.8 Å². The number of aromatic amines is 1. The minimum Gasteiger partial charge on any atom is -0.449 e. The van der Waals surface area contributed by atoms with E-state index in [0.717, 1.165) is 51.4 Å². The van der Waals surface area contributed by atoms with Crippen LogP contribution in [-0.2, 0) is 27.4 Å². The molecule has 1 aromatic heterocycles. The number of carbonyl (C=O) groups excluding carboxylic acids is 1. The van der Waals surface area contributed by atoms with Gasteiger partial charge in [-0.1, -0.05) is 40.5 Å². The average Bonchev–Trinajstić information content (AvgIpc) is 3.62. The highest BCUT2D eigenvalue weighted by molar-refractivity contribution is 7.44. The molecule has 1 saturated carbocycles. The molecule has 14 nitrogen and oxygen atoms in total. The fourth-order valence-corrected chi connectivity index (χ4v) is 13.8. The van der Waals surface area contributed by atoms with Crippen LogP contribution in [0, 0.1) is 47.8 Å². The molecule has 7 atom stereocenters. The van der Waals surface area contributed by atoms with Crippen molar-refractivity contribution >= 4 is 23.2 Å². The number of unbranched alkanes of at least 4 members (excludes halogenated alkanes) is 3. The number of fused-ring (bicyclic) bond motifs is 1. The molecule has 3 aliphatic rings. The van der Waals surface area contributed by atoms with Crippen LogP contribution in [0.5, 0.6) is 0 Å². The van der Waals surface area contributed by atoms with E-state index < -0.39 is 46.8 Å². The van der Waals surface area contributed by atoms with Crippen LogP contribution in [0.3, 0.4) is 0 Å². The van der Waals surface area contributed by atoms with Gasteiger partial charge in [-0.15, -0.1) is 11.8 Å². The van der Waals surface area contributed by atoms with E-state index in [0.29, 0.717) is 49.5 Å². The number of carbonyl (C=O) groups is 1. The molecule has 1 saturated heterocycles. The molecule has 0 radical (unpaired) electrons. The van der Waals surface area contributed by atoms with Gasteiger partial charge >= 0.3 is 20.3 Å². The van der Waals surface area contributed by atoms with Crippen LogP contribution in [0.2, 0.25) is 11.1 Å². The van der Waals surface area contributed by atoms with E-state index in [-0.39, 0.29) is 48.9 Å². The molecule has 58 heavy (non-hydrogen) atoms. The molecule has 4 rings (SSSR count). The molecular formula is C42H70N5O9PSi. The van der Waals surface area contributed by atoms with Crippen LogP contribution in [0.4, 0.5) is 4.79 Å². The first kappa shape index (κ1) is 48.1. The first-order chi connectivity index (χ1) is 27.7. The fraction of sp³-hybridized carbons (Fsp3) is 0.810. The molecule has 2 N–H and O–H groups in total. The maximum atomic E-state index is 13.0. The molecule has 0 spiro atoms.